The fraction of sp³-hybridized carbons (Fsp3) is 0.294. The van der Waals surface area contributed by atoms with Crippen LogP contribution in [0.25, 0.3) is 0 Å². The molecule has 0 saturated heterocycles. The molecule has 5 heteroatoms. The van der Waals surface area contributed by atoms with Crippen molar-refractivity contribution < 1.29 is 19.1 Å². The molecule has 1 aromatic heterocycles. The molecule has 1 amide bonds. The molecule has 2 N–H and O–H groups in total. The number of nitrogens with one attached hydrogen (secondary N) is 1. The van der Waals surface area contributed by atoms with E-state index in [1.54, 1.807) is 37.3 Å². The number of hydrogen-bond donors (Lipinski definition) is 2. The van der Waals surface area contributed by atoms with Crippen LogP contribution >= 0.6 is 0 Å². The van der Waals surface area contributed by atoms with Gasteiger partial charge in [0, 0.05) is 11.6 Å². The summed E-state index contributed by atoms with van der Waals surface area (Å²) in [6.45, 7) is 5.76. The van der Waals surface area contributed by atoms with E-state index in [4.69, 9.17) is 9.52 Å². The molecule has 5 nitrogen and oxygen atoms in total. The molecule has 22 heavy (non-hydrogen) atoms. The van der Waals surface area contributed by atoms with Crippen LogP contribution in [0.1, 0.15) is 47.2 Å². The van der Waals surface area contributed by atoms with Gasteiger partial charge in [0.15, 0.2) is 0 Å². The summed E-state index contributed by atoms with van der Waals surface area (Å²) in [5, 5.41) is 11.5. The molecule has 0 aliphatic heterocycles. The quantitative estimate of drug-likeness (QED) is 0.884. The van der Waals surface area contributed by atoms with Crippen LogP contribution in [0.3, 0.4) is 0 Å². The van der Waals surface area contributed by atoms with Crippen LogP contribution in [0.15, 0.2) is 34.7 Å². The third-order valence-electron chi connectivity index (χ3n) is 3.32. The van der Waals surface area contributed by atoms with Crippen LogP contribution in [-0.4, -0.2) is 17.0 Å². The fourth-order valence-electron chi connectivity index (χ4n) is 2.09. The molecule has 0 radical (unpaired) electrons. The first-order valence-corrected chi connectivity index (χ1v) is 7.09. The highest BCUT2D eigenvalue weighted by Crippen LogP contribution is 2.22. The number of anilines is 1. The lowest BCUT2D eigenvalue weighted by Crippen LogP contribution is -2.12. The van der Waals surface area contributed by atoms with Crippen molar-refractivity contribution in [3.8, 4) is 0 Å². The molecule has 2 rings (SSSR count). The molecule has 0 spiro atoms. The van der Waals surface area contributed by atoms with Crippen LogP contribution in [-0.2, 0) is 11.2 Å². The van der Waals surface area contributed by atoms with Crippen molar-refractivity contribution in [1.82, 2.24) is 0 Å². The lowest BCUT2D eigenvalue weighted by Gasteiger charge is -2.05. The predicted molar refractivity (Wildman–Crippen MR) is 83.3 cm³/mol. The molecular formula is C17H19NO4. The Bertz CT molecular complexity index is 683. The van der Waals surface area contributed by atoms with Gasteiger partial charge in [-0.2, -0.15) is 0 Å². The maximum absolute atomic E-state index is 12.3. The van der Waals surface area contributed by atoms with Gasteiger partial charge in [-0.05, 0) is 30.7 Å². The number of rotatable bonds is 5. The topological polar surface area (TPSA) is 79.5 Å². The van der Waals surface area contributed by atoms with Gasteiger partial charge < -0.3 is 14.8 Å². The van der Waals surface area contributed by atoms with Crippen LogP contribution in [0.2, 0.25) is 0 Å². The Labute approximate surface area is 129 Å². The molecule has 0 saturated carbocycles. The zero-order valence-electron chi connectivity index (χ0n) is 12.8. The second-order valence-corrected chi connectivity index (χ2v) is 5.49. The molecule has 1 aromatic carbocycles. The van der Waals surface area contributed by atoms with Crippen LogP contribution in [0.4, 0.5) is 5.69 Å². The lowest BCUT2D eigenvalue weighted by molar-refractivity contribution is -0.136. The van der Waals surface area contributed by atoms with Gasteiger partial charge in [0.25, 0.3) is 5.91 Å². The third kappa shape index (κ3) is 3.75. The molecule has 0 atom stereocenters. The molecule has 0 aliphatic carbocycles. The summed E-state index contributed by atoms with van der Waals surface area (Å²) in [6, 6.07) is 8.51. The Balaban J connectivity index is 2.10. The Morgan fingerprint density at radius 1 is 1.23 bits per heavy atom. The Morgan fingerprint density at radius 3 is 2.36 bits per heavy atom. The first-order chi connectivity index (χ1) is 10.4. The number of furan rings is 1. The molecule has 1 heterocycles. The second-order valence-electron chi connectivity index (χ2n) is 5.49. The van der Waals surface area contributed by atoms with Gasteiger partial charge in [0.05, 0.1) is 12.0 Å². The molecule has 0 unspecified atom stereocenters. The van der Waals surface area contributed by atoms with Gasteiger partial charge in [-0.15, -0.1) is 0 Å². The summed E-state index contributed by atoms with van der Waals surface area (Å²) in [5.41, 5.74) is 1.82. The maximum Gasteiger partial charge on any atom is 0.307 e. The van der Waals surface area contributed by atoms with Crippen molar-refractivity contribution in [2.45, 2.75) is 33.1 Å². The first-order valence-electron chi connectivity index (χ1n) is 7.09. The highest BCUT2D eigenvalue weighted by molar-refractivity contribution is 6.05. The molecule has 116 valence electrons. The van der Waals surface area contributed by atoms with Crippen molar-refractivity contribution in [2.24, 2.45) is 0 Å². The van der Waals surface area contributed by atoms with E-state index < -0.39 is 5.97 Å². The Kier molecular flexibility index (Phi) is 4.65. The van der Waals surface area contributed by atoms with Crippen LogP contribution in [0.5, 0.6) is 0 Å². The number of carboxylic acids is 1. The lowest BCUT2D eigenvalue weighted by atomic mass is 10.1. The van der Waals surface area contributed by atoms with Gasteiger partial charge in [0.2, 0.25) is 0 Å². The average molecular weight is 301 g/mol. The van der Waals surface area contributed by atoms with E-state index in [0.29, 0.717) is 22.6 Å². The number of carbonyl (C=O) groups excluding carboxylic acids is 1. The third-order valence-corrected chi connectivity index (χ3v) is 3.32. The van der Waals surface area contributed by atoms with Gasteiger partial charge >= 0.3 is 5.97 Å². The van der Waals surface area contributed by atoms with E-state index in [2.05, 4.69) is 5.32 Å². The number of carbonyl (C=O) groups is 2. The van der Waals surface area contributed by atoms with Gasteiger partial charge in [0.1, 0.15) is 11.5 Å². The smallest absolute Gasteiger partial charge is 0.307 e. The molecule has 2 aromatic rings. The monoisotopic (exact) mass is 301 g/mol. The number of aryl methyl sites for hydroxylation is 1. The number of hydrogen-bond acceptors (Lipinski definition) is 3. The minimum absolute atomic E-state index is 0.0349. The van der Waals surface area contributed by atoms with Crippen LogP contribution < -0.4 is 5.32 Å². The largest absolute Gasteiger partial charge is 0.481 e. The maximum atomic E-state index is 12.3. The first kappa shape index (κ1) is 15.8. The minimum Gasteiger partial charge on any atom is -0.481 e. The van der Waals surface area contributed by atoms with Gasteiger partial charge in [-0.25, -0.2) is 0 Å². The van der Waals surface area contributed by atoms with Gasteiger partial charge in [-0.1, -0.05) is 26.0 Å². The number of carboxylic acid groups (broad SMARTS) is 1. The Hall–Kier alpha value is -2.56. The summed E-state index contributed by atoms with van der Waals surface area (Å²) >= 11 is 0. The average Bonchev–Trinajstić information content (AvgIpc) is 2.83. The molecule has 0 aliphatic rings. The van der Waals surface area contributed by atoms with Crippen LogP contribution in [0, 0.1) is 6.92 Å². The van der Waals surface area contributed by atoms with E-state index in [9.17, 15) is 9.59 Å². The van der Waals surface area contributed by atoms with Crippen molar-refractivity contribution in [2.75, 3.05) is 5.32 Å². The number of aliphatic carboxylic acids is 1. The van der Waals surface area contributed by atoms with Crippen molar-refractivity contribution in [1.29, 1.82) is 0 Å². The summed E-state index contributed by atoms with van der Waals surface area (Å²) < 4.78 is 5.57. The Morgan fingerprint density at radius 2 is 1.86 bits per heavy atom. The highest BCUT2D eigenvalue weighted by Gasteiger charge is 2.16. The summed E-state index contributed by atoms with van der Waals surface area (Å²) in [7, 11) is 0. The molecular weight excluding hydrogens is 282 g/mol. The predicted octanol–water partition coefficient (Wildman–Crippen LogP) is 3.59. The fourth-order valence-corrected chi connectivity index (χ4v) is 2.09. The summed E-state index contributed by atoms with van der Waals surface area (Å²) in [4.78, 5) is 22.9. The summed E-state index contributed by atoms with van der Waals surface area (Å²) in [5.74, 6) is 0.463. The SMILES string of the molecule is Cc1oc(C(C)C)cc1C(=O)Nc1ccc(CC(=O)O)cc1. The zero-order valence-corrected chi connectivity index (χ0v) is 12.8. The number of amides is 1. The van der Waals surface area contributed by atoms with Crippen molar-refractivity contribution >= 4 is 17.6 Å². The van der Waals surface area contributed by atoms with E-state index in [-0.39, 0.29) is 18.2 Å². The van der Waals surface area contributed by atoms with E-state index in [1.807, 2.05) is 13.8 Å². The zero-order chi connectivity index (χ0) is 16.3. The number of benzene rings is 1. The summed E-state index contributed by atoms with van der Waals surface area (Å²) in [6.07, 6.45) is -0.0349. The van der Waals surface area contributed by atoms with Crippen molar-refractivity contribution in [3.05, 3.63) is 53.0 Å². The van der Waals surface area contributed by atoms with E-state index >= 15 is 0 Å². The van der Waals surface area contributed by atoms with E-state index in [1.165, 1.54) is 0 Å². The molecule has 0 fully saturated rings. The normalized spacial score (nSPS) is 10.7. The minimum atomic E-state index is -0.882. The van der Waals surface area contributed by atoms with Gasteiger partial charge in [-0.3, -0.25) is 9.59 Å². The van der Waals surface area contributed by atoms with E-state index in [0.717, 1.165) is 5.76 Å². The second kappa shape index (κ2) is 6.47. The highest BCUT2D eigenvalue weighted by atomic mass is 16.4. The van der Waals surface area contributed by atoms with Crippen molar-refractivity contribution in [3.63, 3.8) is 0 Å². The molecule has 0 bridgehead atoms. The standard InChI is InChI=1S/C17H19NO4/c1-10(2)15-9-14(11(3)22-15)17(21)18-13-6-4-12(5-7-13)8-16(19)20/h4-7,9-10H,8H2,1-3H3,(H,18,21)(H,19,20).